The Morgan fingerprint density at radius 1 is 0.527 bits per heavy atom. The minimum absolute atomic E-state index is 0.0827. The third kappa shape index (κ3) is 12.5. The number of hydrogen-bond acceptors (Lipinski definition) is 22. The molecule has 0 amide bonds. The average molecular weight is 1180 g/mol. The summed E-state index contributed by atoms with van der Waals surface area (Å²) in [6.07, 6.45) is 7.67. The summed E-state index contributed by atoms with van der Waals surface area (Å²) < 4.78 is 20.0. The normalized spacial score (nSPS) is 10.4. The minimum atomic E-state index is -1.18. The fourth-order valence-corrected chi connectivity index (χ4v) is 6.92. The molecule has 24 nitrogen and oxygen atoms in total. The Bertz CT molecular complexity index is 3610. The molecule has 8 aromatic heterocycles. The highest BCUT2D eigenvalue weighted by molar-refractivity contribution is 9.11. The van der Waals surface area contributed by atoms with Crippen LogP contribution in [0.4, 0.5) is 17.5 Å². The van der Waals surface area contributed by atoms with Gasteiger partial charge in [-0.2, -0.15) is 5.26 Å². The largest absolute Gasteiger partial charge is 0.476 e. The molecule has 0 saturated heterocycles. The van der Waals surface area contributed by atoms with Gasteiger partial charge < -0.3 is 35.6 Å². The van der Waals surface area contributed by atoms with Gasteiger partial charge in [0.1, 0.15) is 31.3 Å². The Morgan fingerprint density at radius 3 is 1.41 bits per heavy atom. The molecule has 74 heavy (non-hydrogen) atoms. The van der Waals surface area contributed by atoms with E-state index >= 15 is 0 Å². The van der Waals surface area contributed by atoms with Gasteiger partial charge in [0.2, 0.25) is 17.7 Å². The molecule has 0 spiro atoms. The highest BCUT2D eigenvalue weighted by Gasteiger charge is 2.19. The smallest absolute Gasteiger partial charge is 0.358 e. The lowest BCUT2D eigenvalue weighted by Crippen LogP contribution is -2.07. The number of hydrogen-bond donors (Lipinski definition) is 4. The van der Waals surface area contributed by atoms with Crippen molar-refractivity contribution in [1.29, 1.82) is 5.26 Å². The van der Waals surface area contributed by atoms with Gasteiger partial charge in [-0.25, -0.2) is 39.7 Å². The first-order valence-corrected chi connectivity index (χ1v) is 23.4. The number of aryl methyl sites for hydroxylation is 1. The molecule has 0 aliphatic rings. The van der Waals surface area contributed by atoms with E-state index in [9.17, 15) is 4.79 Å². The Balaban J connectivity index is 0.000000136. The predicted molar refractivity (Wildman–Crippen MR) is 276 cm³/mol. The maximum absolute atomic E-state index is 10.4. The van der Waals surface area contributed by atoms with Crippen LogP contribution in [-0.4, -0.2) is 86.1 Å². The molecule has 0 unspecified atom stereocenters. The van der Waals surface area contributed by atoms with E-state index in [1.54, 1.807) is 29.1 Å². The number of carbonyl (C=O) groups is 1. The molecule has 0 atom stereocenters. The lowest BCUT2D eigenvalue weighted by molar-refractivity contribution is 0.0691. The standard InChI is InChI=1S/C17H11N7O.C13H9BrN4O.C12H8BrN5O.C5H4BrN3O2/c18-9-12-7-4-8-24(12)13-10-20-15(19)14(21-13)17-23-22-16(25-17)11-5-2-1-3-6-11;1-8-11(16-10(14)7-15-8)13-18-17-12(19-13)9-5-3-2-4-6-9;13-8-6-15-10(14)9(16-8)12-18-17-11(19-12)7-4-2-1-3-5-7;6-2-1-8-4(7)3(9-2)5(10)11/h1-8,10H,(H2,19,20);2-7H,1H3;1-6H,(H2,14,15);1H,(H2,7,8)(H,10,11). The first-order valence-electron chi connectivity index (χ1n) is 21.0. The number of nitrogens with two attached hydrogens (primary N) is 3. The molecule has 0 aliphatic heterocycles. The van der Waals surface area contributed by atoms with Gasteiger partial charge >= 0.3 is 5.97 Å². The number of carboxylic acids is 1. The van der Waals surface area contributed by atoms with Crippen LogP contribution in [0.3, 0.4) is 0 Å². The predicted octanol–water partition coefficient (Wildman–Crippen LogP) is 8.76. The van der Waals surface area contributed by atoms with Gasteiger partial charge in [0.25, 0.3) is 17.7 Å². The molecule has 0 bridgehead atoms. The molecule has 27 heteroatoms. The summed E-state index contributed by atoms with van der Waals surface area (Å²) in [4.78, 5) is 42.8. The second-order valence-electron chi connectivity index (χ2n) is 14.5. The number of aromatic carboxylic acids is 1. The number of nitrogen functional groups attached to an aromatic ring is 3. The number of aromatic nitrogens is 15. The van der Waals surface area contributed by atoms with E-state index in [1.165, 1.54) is 18.6 Å². The molecule has 11 rings (SSSR count). The van der Waals surface area contributed by atoms with Gasteiger partial charge in [0, 0.05) is 22.9 Å². The summed E-state index contributed by atoms with van der Waals surface area (Å²) in [5, 5.41) is 41.7. The van der Waals surface area contributed by atoms with Crippen LogP contribution < -0.4 is 17.2 Å². The maximum Gasteiger partial charge on any atom is 0.358 e. The van der Waals surface area contributed by atoms with Crippen molar-refractivity contribution in [3.8, 4) is 81.0 Å². The Labute approximate surface area is 442 Å². The van der Waals surface area contributed by atoms with Crippen LogP contribution in [0.2, 0.25) is 0 Å². The second-order valence-corrected chi connectivity index (χ2v) is 16.9. The number of halogens is 3. The van der Waals surface area contributed by atoms with Crippen LogP contribution in [0.5, 0.6) is 0 Å². The molecular weight excluding hydrogens is 1150 g/mol. The van der Waals surface area contributed by atoms with E-state index in [0.29, 0.717) is 60.3 Å². The van der Waals surface area contributed by atoms with Crippen molar-refractivity contribution in [3.63, 3.8) is 0 Å². The monoisotopic (exact) mass is 1180 g/mol. The van der Waals surface area contributed by atoms with Crippen molar-refractivity contribution in [2.45, 2.75) is 6.92 Å². The molecule has 366 valence electrons. The molecule has 3 aromatic carbocycles. The van der Waals surface area contributed by atoms with Gasteiger partial charge in [-0.1, -0.05) is 54.6 Å². The average Bonchev–Trinajstić information content (AvgIpc) is 4.29. The summed E-state index contributed by atoms with van der Waals surface area (Å²) >= 11 is 9.48. The summed E-state index contributed by atoms with van der Waals surface area (Å²) in [7, 11) is 0. The number of nitriles is 1. The number of rotatable bonds is 8. The van der Waals surface area contributed by atoms with Crippen molar-refractivity contribution in [1.82, 2.24) is 75.0 Å². The maximum atomic E-state index is 10.4. The second kappa shape index (κ2) is 23.6. The number of benzene rings is 3. The highest BCUT2D eigenvalue weighted by atomic mass is 79.9. The summed E-state index contributed by atoms with van der Waals surface area (Å²) in [5.74, 6) is 1.59. The van der Waals surface area contributed by atoms with Gasteiger partial charge in [-0.15, -0.1) is 30.6 Å². The fourth-order valence-electron chi connectivity index (χ4n) is 6.08. The Morgan fingerprint density at radius 2 is 0.932 bits per heavy atom. The van der Waals surface area contributed by atoms with Crippen LogP contribution in [0.1, 0.15) is 21.9 Å². The zero-order valence-electron chi connectivity index (χ0n) is 37.8. The van der Waals surface area contributed by atoms with E-state index in [1.807, 2.05) is 97.9 Å². The van der Waals surface area contributed by atoms with Crippen molar-refractivity contribution >= 4 is 71.2 Å². The van der Waals surface area contributed by atoms with Gasteiger partial charge in [-0.05, 0) is 103 Å². The van der Waals surface area contributed by atoms with Crippen molar-refractivity contribution < 1.29 is 23.2 Å². The van der Waals surface area contributed by atoms with Crippen LogP contribution in [-0.2, 0) is 0 Å². The Hall–Kier alpha value is -9.52. The van der Waals surface area contributed by atoms with Crippen LogP contribution in [0.25, 0.3) is 74.9 Å². The zero-order chi connectivity index (χ0) is 52.1. The first-order chi connectivity index (χ1) is 35.8. The summed E-state index contributed by atoms with van der Waals surface area (Å²) in [6, 6.07) is 34.0. The quantitative estimate of drug-likeness (QED) is 0.110. The van der Waals surface area contributed by atoms with Crippen molar-refractivity contribution in [3.05, 3.63) is 165 Å². The molecule has 11 aromatic rings. The molecule has 0 radical (unpaired) electrons. The third-order valence-corrected chi connectivity index (χ3v) is 10.7. The number of nitrogens with zero attached hydrogens (tertiary/aromatic N) is 16. The highest BCUT2D eigenvalue weighted by Crippen LogP contribution is 2.29. The topological polar surface area (TPSA) is 364 Å². The summed E-state index contributed by atoms with van der Waals surface area (Å²) in [5.41, 5.74) is 21.5. The molecule has 0 aliphatic carbocycles. The summed E-state index contributed by atoms with van der Waals surface area (Å²) in [6.45, 7) is 1.85. The lowest BCUT2D eigenvalue weighted by atomic mass is 10.2. The molecule has 7 N–H and O–H groups in total. The molecular formula is C47H32Br3N19O5. The van der Waals surface area contributed by atoms with Crippen molar-refractivity contribution in [2.24, 2.45) is 0 Å². The first kappa shape index (κ1) is 50.9. The van der Waals surface area contributed by atoms with E-state index in [0.717, 1.165) is 22.4 Å². The van der Waals surface area contributed by atoms with Crippen LogP contribution >= 0.6 is 47.8 Å². The molecule has 0 fully saturated rings. The van der Waals surface area contributed by atoms with E-state index in [-0.39, 0.29) is 40.6 Å². The zero-order valence-corrected chi connectivity index (χ0v) is 42.6. The Kier molecular flexibility index (Phi) is 16.2. The number of carboxylic acid groups (broad SMARTS) is 1. The van der Waals surface area contributed by atoms with Gasteiger partial charge in [0.05, 0.1) is 30.5 Å². The number of anilines is 3. The van der Waals surface area contributed by atoms with E-state index in [4.69, 9.17) is 40.8 Å². The lowest BCUT2D eigenvalue weighted by Gasteiger charge is -2.06. The fraction of sp³-hybridized carbons (Fsp3) is 0.0213. The SMILES string of the molecule is Cc1ncc(Br)nc1-c1nnc(-c2ccccc2)o1.N#Cc1cccn1-c1cnc(N)c(-c2nnc(-c3ccccc3)o2)n1.Nc1ncc(Br)nc1-c1nnc(-c2ccccc2)o1.Nc1ncc(Br)nc1C(=O)O. The molecule has 0 saturated carbocycles. The van der Waals surface area contributed by atoms with Crippen molar-refractivity contribution in [2.75, 3.05) is 17.2 Å². The molecule has 8 heterocycles. The van der Waals surface area contributed by atoms with Crippen LogP contribution in [0.15, 0.2) is 161 Å². The van der Waals surface area contributed by atoms with E-state index < -0.39 is 5.97 Å². The van der Waals surface area contributed by atoms with E-state index in [2.05, 4.69) is 124 Å². The van der Waals surface area contributed by atoms with Crippen LogP contribution in [0, 0.1) is 18.3 Å². The third-order valence-electron chi connectivity index (χ3n) is 9.51. The minimum Gasteiger partial charge on any atom is -0.476 e. The van der Waals surface area contributed by atoms with Gasteiger partial charge in [-0.3, -0.25) is 9.55 Å². The van der Waals surface area contributed by atoms with Gasteiger partial charge in [0.15, 0.2) is 40.4 Å².